The lowest BCUT2D eigenvalue weighted by Gasteiger charge is -2.22. The average Bonchev–Trinajstić information content (AvgIpc) is 2.65. The summed E-state index contributed by atoms with van der Waals surface area (Å²) in [5, 5.41) is 3.17. The van der Waals surface area contributed by atoms with E-state index in [1.54, 1.807) is 6.20 Å². The van der Waals surface area contributed by atoms with E-state index in [9.17, 15) is 0 Å². The van der Waals surface area contributed by atoms with Crippen LogP contribution in [0.25, 0.3) is 0 Å². The van der Waals surface area contributed by atoms with Crippen molar-refractivity contribution in [1.82, 2.24) is 4.98 Å². The highest BCUT2D eigenvalue weighted by molar-refractivity contribution is 5.33. The van der Waals surface area contributed by atoms with Crippen LogP contribution >= 0.6 is 0 Å². The molecule has 1 saturated heterocycles. The van der Waals surface area contributed by atoms with Gasteiger partial charge in [0.1, 0.15) is 5.82 Å². The highest BCUT2D eigenvalue weighted by atomic mass is 16.7. The lowest BCUT2D eigenvalue weighted by molar-refractivity contribution is -0.129. The van der Waals surface area contributed by atoms with E-state index in [2.05, 4.69) is 10.3 Å². The molecule has 0 aliphatic carbocycles. The molecule has 0 amide bonds. The number of nitrogens with one attached hydrogen (secondary N) is 1. The van der Waals surface area contributed by atoms with Crippen LogP contribution in [0.5, 0.6) is 0 Å². The quantitative estimate of drug-likeness (QED) is 0.786. The summed E-state index contributed by atoms with van der Waals surface area (Å²) in [5.41, 5.74) is 0. The van der Waals surface area contributed by atoms with Crippen molar-refractivity contribution in [1.29, 1.82) is 0 Å². The van der Waals surface area contributed by atoms with Crippen molar-refractivity contribution in [2.24, 2.45) is 0 Å². The van der Waals surface area contributed by atoms with Crippen molar-refractivity contribution >= 4 is 5.82 Å². The molecule has 14 heavy (non-hydrogen) atoms. The Hall–Kier alpha value is -1.13. The van der Waals surface area contributed by atoms with Crippen LogP contribution in [0.15, 0.2) is 24.4 Å². The zero-order chi connectivity index (χ0) is 9.86. The van der Waals surface area contributed by atoms with Gasteiger partial charge in [-0.3, -0.25) is 0 Å². The van der Waals surface area contributed by atoms with Crippen molar-refractivity contribution in [3.05, 3.63) is 24.4 Å². The Morgan fingerprint density at radius 1 is 1.43 bits per heavy atom. The number of nitrogens with zero attached hydrogens (tertiary/aromatic N) is 1. The van der Waals surface area contributed by atoms with Crippen LogP contribution in [-0.4, -0.2) is 30.5 Å². The van der Waals surface area contributed by atoms with E-state index in [1.807, 2.05) is 25.1 Å². The van der Waals surface area contributed by atoms with Gasteiger partial charge in [0.25, 0.3) is 0 Å². The van der Waals surface area contributed by atoms with Crippen molar-refractivity contribution < 1.29 is 9.47 Å². The highest BCUT2D eigenvalue weighted by Gasteiger charge is 2.30. The molecule has 0 atom stereocenters. The number of ether oxygens (including phenoxy) is 2. The molecular formula is C10H14N2O2. The summed E-state index contributed by atoms with van der Waals surface area (Å²) in [6.07, 6.45) is 1.75. The molecule has 2 rings (SSSR count). The monoisotopic (exact) mass is 194 g/mol. The van der Waals surface area contributed by atoms with Gasteiger partial charge in [-0.1, -0.05) is 6.07 Å². The lowest BCUT2D eigenvalue weighted by atomic mass is 10.3. The molecule has 1 aromatic heterocycles. The Kier molecular flexibility index (Phi) is 2.65. The van der Waals surface area contributed by atoms with Gasteiger partial charge in [-0.2, -0.15) is 0 Å². The Labute approximate surface area is 83.2 Å². The third kappa shape index (κ3) is 2.21. The van der Waals surface area contributed by atoms with Crippen LogP contribution in [-0.2, 0) is 9.47 Å². The lowest BCUT2D eigenvalue weighted by Crippen LogP contribution is -2.34. The molecule has 0 aromatic carbocycles. The molecule has 4 heteroatoms. The molecule has 76 valence electrons. The van der Waals surface area contributed by atoms with E-state index >= 15 is 0 Å². The minimum absolute atomic E-state index is 0.502. The van der Waals surface area contributed by atoms with Crippen molar-refractivity contribution in [3.8, 4) is 0 Å². The summed E-state index contributed by atoms with van der Waals surface area (Å²) in [6.45, 7) is 3.88. The Bertz CT molecular complexity index is 283. The zero-order valence-electron chi connectivity index (χ0n) is 8.19. The average molecular weight is 194 g/mol. The predicted molar refractivity (Wildman–Crippen MR) is 53.0 cm³/mol. The number of hydrogen-bond acceptors (Lipinski definition) is 4. The van der Waals surface area contributed by atoms with Gasteiger partial charge < -0.3 is 14.8 Å². The second-order valence-corrected chi connectivity index (χ2v) is 3.40. The molecule has 0 radical (unpaired) electrons. The summed E-state index contributed by atoms with van der Waals surface area (Å²) in [6, 6.07) is 5.74. The minimum Gasteiger partial charge on any atom is -0.365 e. The molecule has 0 saturated carbocycles. The van der Waals surface area contributed by atoms with Crippen LogP contribution in [0.3, 0.4) is 0 Å². The molecule has 1 aliphatic heterocycles. The van der Waals surface area contributed by atoms with Gasteiger partial charge in [0.15, 0.2) is 5.79 Å². The van der Waals surface area contributed by atoms with Gasteiger partial charge in [0, 0.05) is 6.20 Å². The first-order valence-corrected chi connectivity index (χ1v) is 4.71. The van der Waals surface area contributed by atoms with E-state index in [-0.39, 0.29) is 0 Å². The van der Waals surface area contributed by atoms with E-state index in [4.69, 9.17) is 9.47 Å². The Morgan fingerprint density at radius 2 is 2.21 bits per heavy atom. The van der Waals surface area contributed by atoms with E-state index in [0.717, 1.165) is 5.82 Å². The second kappa shape index (κ2) is 3.94. The van der Waals surface area contributed by atoms with Crippen molar-refractivity contribution in [2.45, 2.75) is 12.7 Å². The zero-order valence-corrected chi connectivity index (χ0v) is 8.19. The summed E-state index contributed by atoms with van der Waals surface area (Å²) in [7, 11) is 0. The molecule has 2 heterocycles. The fourth-order valence-corrected chi connectivity index (χ4v) is 1.38. The molecular weight excluding hydrogens is 180 g/mol. The van der Waals surface area contributed by atoms with Gasteiger partial charge in [-0.25, -0.2) is 4.98 Å². The first-order valence-electron chi connectivity index (χ1n) is 4.71. The molecule has 4 nitrogen and oxygen atoms in total. The van der Waals surface area contributed by atoms with Gasteiger partial charge in [-0.05, 0) is 19.1 Å². The van der Waals surface area contributed by atoms with Crippen molar-refractivity contribution in [2.75, 3.05) is 25.1 Å². The van der Waals surface area contributed by atoms with Gasteiger partial charge in [-0.15, -0.1) is 0 Å². The van der Waals surface area contributed by atoms with E-state index in [1.165, 1.54) is 0 Å². The number of rotatable bonds is 3. The molecule has 1 aromatic rings. The second-order valence-electron chi connectivity index (χ2n) is 3.40. The highest BCUT2D eigenvalue weighted by Crippen LogP contribution is 2.18. The number of hydrogen-bond donors (Lipinski definition) is 1. The molecule has 0 bridgehead atoms. The molecule has 0 spiro atoms. The van der Waals surface area contributed by atoms with Crippen molar-refractivity contribution in [3.63, 3.8) is 0 Å². The Balaban J connectivity index is 1.88. The third-order valence-electron chi connectivity index (χ3n) is 2.15. The maximum absolute atomic E-state index is 5.45. The fourth-order valence-electron chi connectivity index (χ4n) is 1.38. The third-order valence-corrected chi connectivity index (χ3v) is 2.15. The van der Waals surface area contributed by atoms with Gasteiger partial charge >= 0.3 is 0 Å². The maximum Gasteiger partial charge on any atom is 0.182 e. The number of pyridine rings is 1. The first kappa shape index (κ1) is 9.43. The smallest absolute Gasteiger partial charge is 0.182 e. The molecule has 1 fully saturated rings. The molecule has 1 N–H and O–H groups in total. The first-order chi connectivity index (χ1) is 6.79. The minimum atomic E-state index is -0.502. The van der Waals surface area contributed by atoms with Crippen LogP contribution in [0.2, 0.25) is 0 Å². The summed E-state index contributed by atoms with van der Waals surface area (Å²) in [5.74, 6) is 0.338. The summed E-state index contributed by atoms with van der Waals surface area (Å²) >= 11 is 0. The van der Waals surface area contributed by atoms with E-state index < -0.39 is 5.79 Å². The SMILES string of the molecule is CC1(CNc2ccccn2)OCCO1. The van der Waals surface area contributed by atoms with Crippen LogP contribution in [0, 0.1) is 0 Å². The Morgan fingerprint density at radius 3 is 2.86 bits per heavy atom. The van der Waals surface area contributed by atoms with Gasteiger partial charge in [0.2, 0.25) is 0 Å². The standard InChI is InChI=1S/C10H14N2O2/c1-10(13-6-7-14-10)8-12-9-4-2-3-5-11-9/h2-5H,6-8H2,1H3,(H,11,12). The number of anilines is 1. The fraction of sp³-hybridized carbons (Fsp3) is 0.500. The predicted octanol–water partition coefficient (Wildman–Crippen LogP) is 1.26. The van der Waals surface area contributed by atoms with Crippen LogP contribution in [0.1, 0.15) is 6.92 Å². The maximum atomic E-state index is 5.45. The summed E-state index contributed by atoms with van der Waals surface area (Å²) in [4.78, 5) is 4.15. The van der Waals surface area contributed by atoms with E-state index in [0.29, 0.717) is 19.8 Å². The van der Waals surface area contributed by atoms with Gasteiger partial charge in [0.05, 0.1) is 19.8 Å². The molecule has 1 aliphatic rings. The van der Waals surface area contributed by atoms with Crippen LogP contribution < -0.4 is 5.32 Å². The molecule has 0 unspecified atom stereocenters. The number of aromatic nitrogens is 1. The van der Waals surface area contributed by atoms with Crippen LogP contribution in [0.4, 0.5) is 5.82 Å². The topological polar surface area (TPSA) is 43.4 Å². The largest absolute Gasteiger partial charge is 0.365 e. The normalized spacial score (nSPS) is 19.5. The summed E-state index contributed by atoms with van der Waals surface area (Å²) < 4.78 is 10.9.